The molecule has 0 aliphatic rings. The van der Waals surface area contributed by atoms with Crippen molar-refractivity contribution in [2.75, 3.05) is 5.75 Å². The Kier molecular flexibility index (Phi) is 9.05. The van der Waals surface area contributed by atoms with Gasteiger partial charge in [-0.25, -0.2) is 0 Å². The summed E-state index contributed by atoms with van der Waals surface area (Å²) in [6.07, 6.45) is 1.40. The molecule has 0 bridgehead atoms. The average Bonchev–Trinajstić information content (AvgIpc) is 3.52. The molecule has 2 aromatic heterocycles. The number of aromatic nitrogens is 3. The lowest BCUT2D eigenvalue weighted by Gasteiger charge is -2.15. The molecule has 40 heavy (non-hydrogen) atoms. The quantitative estimate of drug-likeness (QED) is 0.170. The first kappa shape index (κ1) is 29.0. The fourth-order valence-electron chi connectivity index (χ4n) is 3.87. The number of H-pyrrole nitrogens is 1. The Labute approximate surface area is 234 Å². The summed E-state index contributed by atoms with van der Waals surface area (Å²) in [5.41, 5.74) is 1.52. The van der Waals surface area contributed by atoms with E-state index >= 15 is 0 Å². The Balaban J connectivity index is 1.47. The molecule has 4 rings (SSSR count). The zero-order chi connectivity index (χ0) is 28.8. The number of thioether (sulfide) groups is 1. The van der Waals surface area contributed by atoms with Gasteiger partial charge in [-0.15, -0.1) is 10.2 Å². The zero-order valence-electron chi connectivity index (χ0n) is 22.3. The van der Waals surface area contributed by atoms with E-state index in [1.54, 1.807) is 6.08 Å². The monoisotopic (exact) mass is 566 g/mol. The molecule has 2 heterocycles. The van der Waals surface area contributed by atoms with E-state index in [2.05, 4.69) is 32.3 Å². The highest BCUT2D eigenvalue weighted by molar-refractivity contribution is 7.99. The van der Waals surface area contributed by atoms with Crippen molar-refractivity contribution in [2.24, 2.45) is 5.41 Å². The van der Waals surface area contributed by atoms with Gasteiger partial charge in [-0.3, -0.25) is 4.79 Å². The van der Waals surface area contributed by atoms with Crippen LogP contribution in [0.2, 0.25) is 0 Å². The van der Waals surface area contributed by atoms with Crippen LogP contribution in [0.5, 0.6) is 0 Å². The third kappa shape index (κ3) is 8.26. The van der Waals surface area contributed by atoms with Crippen molar-refractivity contribution in [1.82, 2.24) is 20.5 Å². The lowest BCUT2D eigenvalue weighted by atomic mass is 9.98. The van der Waals surface area contributed by atoms with E-state index in [1.807, 2.05) is 57.3 Å². The first-order valence-electron chi connectivity index (χ1n) is 12.6. The van der Waals surface area contributed by atoms with Crippen LogP contribution in [-0.2, 0) is 23.8 Å². The van der Waals surface area contributed by atoms with E-state index < -0.39 is 17.8 Å². The second-order valence-corrected chi connectivity index (χ2v) is 11.2. The van der Waals surface area contributed by atoms with Crippen LogP contribution in [0.15, 0.2) is 76.5 Å². The van der Waals surface area contributed by atoms with E-state index in [-0.39, 0.29) is 23.6 Å². The first-order valence-corrected chi connectivity index (χ1v) is 13.6. The minimum atomic E-state index is -4.44. The van der Waals surface area contributed by atoms with Gasteiger partial charge in [0.25, 0.3) is 5.22 Å². The molecule has 0 aliphatic carbocycles. The molecule has 0 saturated heterocycles. The van der Waals surface area contributed by atoms with Crippen molar-refractivity contribution in [2.45, 2.75) is 51.1 Å². The van der Waals surface area contributed by atoms with Crippen LogP contribution in [0.25, 0.3) is 10.9 Å². The Morgan fingerprint density at radius 3 is 2.60 bits per heavy atom. The maximum absolute atomic E-state index is 13.0. The maximum atomic E-state index is 13.0. The van der Waals surface area contributed by atoms with E-state index in [0.29, 0.717) is 23.0 Å². The van der Waals surface area contributed by atoms with Crippen molar-refractivity contribution in [3.05, 3.63) is 89.5 Å². The van der Waals surface area contributed by atoms with Gasteiger partial charge in [0.1, 0.15) is 6.04 Å². The molecular formula is C30H29F3N4O2S. The number of para-hydroxylation sites is 1. The standard InChI is InChI=1S/C30H29F3N4O2S/c1-29(2,3)15-7-4-8-16-40-28-37-36-27(39-28)25(18-21-19-34-24-10-6-5-9-23(21)24)35-26(38)17-20-11-13-22(14-12-20)30(31,32)33/h4-6,8-14,19,25,34H,16-18H2,1-3H3,(H,35,38)/b8-4+/t25-/m0/s1. The molecule has 2 aromatic carbocycles. The van der Waals surface area contributed by atoms with Gasteiger partial charge in [0.15, 0.2) is 0 Å². The van der Waals surface area contributed by atoms with Crippen LogP contribution < -0.4 is 5.32 Å². The number of nitrogens with one attached hydrogen (secondary N) is 2. The summed E-state index contributed by atoms with van der Waals surface area (Å²) in [6, 6.07) is 11.7. The summed E-state index contributed by atoms with van der Waals surface area (Å²) in [5, 5.41) is 12.6. The molecule has 0 saturated carbocycles. The number of hydrogen-bond acceptors (Lipinski definition) is 5. The summed E-state index contributed by atoms with van der Waals surface area (Å²) in [6.45, 7) is 6.12. The van der Waals surface area contributed by atoms with Crippen LogP contribution >= 0.6 is 11.8 Å². The lowest BCUT2D eigenvalue weighted by Crippen LogP contribution is -2.31. The van der Waals surface area contributed by atoms with Gasteiger partial charge in [-0.1, -0.05) is 60.0 Å². The maximum Gasteiger partial charge on any atom is 0.416 e. The summed E-state index contributed by atoms with van der Waals surface area (Å²) in [7, 11) is 0. The number of carbonyl (C=O) groups excluding carboxylic acids is 1. The van der Waals surface area contributed by atoms with Crippen LogP contribution in [0.3, 0.4) is 0 Å². The molecule has 0 fully saturated rings. The number of alkyl halides is 3. The molecule has 0 aliphatic heterocycles. The number of aromatic amines is 1. The molecule has 1 amide bonds. The Hall–Kier alpha value is -3.97. The van der Waals surface area contributed by atoms with E-state index in [4.69, 9.17) is 4.42 Å². The van der Waals surface area contributed by atoms with Gasteiger partial charge < -0.3 is 14.7 Å². The van der Waals surface area contributed by atoms with Gasteiger partial charge in [0.2, 0.25) is 11.8 Å². The predicted molar refractivity (Wildman–Crippen MR) is 149 cm³/mol. The van der Waals surface area contributed by atoms with Gasteiger partial charge in [-0.2, -0.15) is 13.2 Å². The fraction of sp³-hybridized carbons (Fsp3) is 0.300. The van der Waals surface area contributed by atoms with Crippen molar-refractivity contribution in [1.29, 1.82) is 0 Å². The highest BCUT2D eigenvalue weighted by Gasteiger charge is 2.30. The van der Waals surface area contributed by atoms with E-state index in [9.17, 15) is 18.0 Å². The Bertz CT molecular complexity index is 1540. The lowest BCUT2D eigenvalue weighted by molar-refractivity contribution is -0.137. The SMILES string of the molecule is CC(C)(C)C#C/C=C/CSc1nnc([C@H](Cc2c[nH]c3ccccc23)NC(=O)Cc2ccc(C(F)(F)F)cc2)o1. The van der Waals surface area contributed by atoms with Crippen LogP contribution in [-0.4, -0.2) is 26.8 Å². The van der Waals surface area contributed by atoms with E-state index in [1.165, 1.54) is 23.9 Å². The molecule has 4 aromatic rings. The fourth-order valence-corrected chi connectivity index (χ4v) is 4.44. The topological polar surface area (TPSA) is 83.8 Å². The molecule has 10 heteroatoms. The minimum absolute atomic E-state index is 0.0738. The summed E-state index contributed by atoms with van der Waals surface area (Å²) >= 11 is 1.35. The number of hydrogen-bond donors (Lipinski definition) is 2. The highest BCUT2D eigenvalue weighted by Crippen LogP contribution is 2.29. The number of rotatable bonds is 9. The van der Waals surface area contributed by atoms with Crippen molar-refractivity contribution in [3.63, 3.8) is 0 Å². The number of fused-ring (bicyclic) bond motifs is 1. The Morgan fingerprint density at radius 2 is 1.88 bits per heavy atom. The number of allylic oxidation sites excluding steroid dienone is 1. The molecule has 1 atom stereocenters. The summed E-state index contributed by atoms with van der Waals surface area (Å²) < 4.78 is 44.6. The van der Waals surface area contributed by atoms with Crippen molar-refractivity contribution >= 4 is 28.6 Å². The van der Waals surface area contributed by atoms with Crippen molar-refractivity contribution < 1.29 is 22.4 Å². The molecular weight excluding hydrogens is 537 g/mol. The Morgan fingerprint density at radius 1 is 1.12 bits per heavy atom. The summed E-state index contributed by atoms with van der Waals surface area (Å²) in [4.78, 5) is 16.2. The molecule has 0 radical (unpaired) electrons. The van der Waals surface area contributed by atoms with Gasteiger partial charge in [0.05, 0.1) is 12.0 Å². The molecule has 2 N–H and O–H groups in total. The van der Waals surface area contributed by atoms with Crippen molar-refractivity contribution in [3.8, 4) is 11.8 Å². The van der Waals surface area contributed by atoms with E-state index in [0.717, 1.165) is 28.6 Å². The second-order valence-electron chi connectivity index (χ2n) is 10.2. The van der Waals surface area contributed by atoms with Gasteiger partial charge in [-0.05, 0) is 56.2 Å². The summed E-state index contributed by atoms with van der Waals surface area (Å²) in [5.74, 6) is 6.58. The van der Waals surface area contributed by atoms with Crippen LogP contribution in [0.4, 0.5) is 13.2 Å². The number of amides is 1. The molecule has 208 valence electrons. The second kappa shape index (κ2) is 12.5. The largest absolute Gasteiger partial charge is 0.416 e. The first-order chi connectivity index (χ1) is 19.0. The third-order valence-corrected chi connectivity index (χ3v) is 6.52. The zero-order valence-corrected chi connectivity index (χ0v) is 23.1. The highest BCUT2D eigenvalue weighted by atomic mass is 32.2. The number of benzene rings is 2. The normalized spacial score (nSPS) is 12.8. The minimum Gasteiger partial charge on any atom is -0.414 e. The van der Waals surface area contributed by atoms with Crippen LogP contribution in [0.1, 0.15) is 49.4 Å². The average molecular weight is 567 g/mol. The molecule has 6 nitrogen and oxygen atoms in total. The van der Waals surface area contributed by atoms with Gasteiger partial charge >= 0.3 is 6.18 Å². The molecule has 0 unspecified atom stereocenters. The predicted octanol–water partition coefficient (Wildman–Crippen LogP) is 6.91. The van der Waals surface area contributed by atoms with Gasteiger partial charge in [0, 0.05) is 34.7 Å². The smallest absolute Gasteiger partial charge is 0.414 e. The molecule has 0 spiro atoms. The number of nitrogens with zero attached hydrogens (tertiary/aromatic N) is 2. The third-order valence-electron chi connectivity index (χ3n) is 5.75. The van der Waals surface area contributed by atoms with Crippen LogP contribution in [0, 0.1) is 17.3 Å². The number of halogens is 3. The number of carbonyl (C=O) groups is 1.